The van der Waals surface area contributed by atoms with Crippen LogP contribution in [0.25, 0.3) is 0 Å². The number of nitrogens with two attached hydrogens (primary N) is 1. The van der Waals surface area contributed by atoms with Crippen molar-refractivity contribution in [2.75, 3.05) is 17.3 Å². The molecular formula is C24H28N6OS. The third-order valence-electron chi connectivity index (χ3n) is 5.60. The van der Waals surface area contributed by atoms with E-state index >= 15 is 0 Å². The Labute approximate surface area is 192 Å². The summed E-state index contributed by atoms with van der Waals surface area (Å²) >= 11 is 1.68. The molecule has 1 aromatic heterocycles. The summed E-state index contributed by atoms with van der Waals surface area (Å²) in [4.78, 5) is 8.56. The predicted octanol–water partition coefficient (Wildman–Crippen LogP) is 4.86. The zero-order valence-electron chi connectivity index (χ0n) is 18.0. The van der Waals surface area contributed by atoms with Gasteiger partial charge in [-0.2, -0.15) is 0 Å². The van der Waals surface area contributed by atoms with Crippen LogP contribution in [0.1, 0.15) is 36.8 Å². The zero-order chi connectivity index (χ0) is 22.3. The first-order chi connectivity index (χ1) is 15.6. The Kier molecular flexibility index (Phi) is 7.24. The van der Waals surface area contributed by atoms with Gasteiger partial charge in [-0.05, 0) is 68.3 Å². The Morgan fingerprint density at radius 3 is 2.31 bits per heavy atom. The molecule has 5 N–H and O–H groups in total. The monoisotopic (exact) mass is 448 g/mol. The molecule has 2 aromatic carbocycles. The number of benzene rings is 2. The van der Waals surface area contributed by atoms with Crippen LogP contribution in [0.3, 0.4) is 0 Å². The van der Waals surface area contributed by atoms with Gasteiger partial charge in [0.25, 0.3) is 0 Å². The third-order valence-corrected chi connectivity index (χ3v) is 6.17. The van der Waals surface area contributed by atoms with Crippen molar-refractivity contribution in [2.45, 2.75) is 37.8 Å². The van der Waals surface area contributed by atoms with E-state index in [2.05, 4.69) is 26.3 Å². The molecule has 1 saturated carbocycles. The topological polar surface area (TPSA) is 109 Å². The Morgan fingerprint density at radius 1 is 0.969 bits per heavy atom. The molecule has 7 nitrogen and oxygen atoms in total. The van der Waals surface area contributed by atoms with E-state index in [1.54, 1.807) is 11.9 Å². The number of nitrogens with zero attached hydrogens (tertiary/aromatic N) is 2. The van der Waals surface area contributed by atoms with Gasteiger partial charge in [-0.1, -0.05) is 30.1 Å². The third kappa shape index (κ3) is 5.38. The highest BCUT2D eigenvalue weighted by atomic mass is 32.2. The van der Waals surface area contributed by atoms with Crippen LogP contribution in [0, 0.1) is 5.41 Å². The number of ether oxygens (including phenoxy) is 1. The minimum Gasteiger partial charge on any atom is -0.457 e. The summed E-state index contributed by atoms with van der Waals surface area (Å²) in [5.74, 6) is 2.40. The number of hydrogen-bond acceptors (Lipinski definition) is 8. The van der Waals surface area contributed by atoms with Crippen LogP contribution in [0.15, 0.2) is 60.9 Å². The number of nitrogen functional groups attached to an aromatic ring is 1. The highest BCUT2D eigenvalue weighted by Gasteiger charge is 2.23. The number of hydrogen-bond donors (Lipinski definition) is 4. The molecule has 0 amide bonds. The molecule has 0 radical (unpaired) electrons. The van der Waals surface area contributed by atoms with Crippen LogP contribution >= 0.6 is 11.9 Å². The SMILES string of the molecule is CSNC1CCC(Nc2ncnc(N)c2C(=N)c2ccc(Oc3ccccc3)cc2)CC1. The standard InChI is InChI=1S/C24H28N6OS/c1-32-30-18-11-9-17(10-12-18)29-24-21(23(26)27-15-28-24)22(25)16-7-13-20(14-8-16)31-19-5-3-2-4-6-19/h2-8,13-15,17-18,25,30H,9-12H2,1H3,(H3,26,27,28,29). The normalized spacial score (nSPS) is 18.2. The molecule has 1 fully saturated rings. The molecule has 166 valence electrons. The fourth-order valence-electron chi connectivity index (χ4n) is 3.93. The maximum absolute atomic E-state index is 8.79. The van der Waals surface area contributed by atoms with Crippen molar-refractivity contribution in [3.8, 4) is 11.5 Å². The van der Waals surface area contributed by atoms with Crippen molar-refractivity contribution in [3.05, 3.63) is 72.1 Å². The second kappa shape index (κ2) is 10.5. The Balaban J connectivity index is 1.48. The lowest BCUT2D eigenvalue weighted by molar-refractivity contribution is 0.395. The van der Waals surface area contributed by atoms with Gasteiger partial charge in [-0.3, -0.25) is 10.1 Å². The van der Waals surface area contributed by atoms with E-state index in [0.29, 0.717) is 35.0 Å². The molecule has 0 atom stereocenters. The Hall–Kier alpha value is -3.10. The van der Waals surface area contributed by atoms with Crippen molar-refractivity contribution in [3.63, 3.8) is 0 Å². The van der Waals surface area contributed by atoms with Gasteiger partial charge in [-0.15, -0.1) is 0 Å². The molecular weight excluding hydrogens is 420 g/mol. The minimum atomic E-state index is 0.287. The lowest BCUT2D eigenvalue weighted by Crippen LogP contribution is -2.34. The maximum atomic E-state index is 8.79. The lowest BCUT2D eigenvalue weighted by Gasteiger charge is -2.30. The number of aromatic nitrogens is 2. The maximum Gasteiger partial charge on any atom is 0.141 e. The molecule has 1 aliphatic carbocycles. The summed E-state index contributed by atoms with van der Waals surface area (Å²) in [7, 11) is 0. The second-order valence-electron chi connectivity index (χ2n) is 7.81. The number of anilines is 2. The summed E-state index contributed by atoms with van der Waals surface area (Å²) in [6, 6.07) is 17.9. The number of para-hydroxylation sites is 1. The summed E-state index contributed by atoms with van der Waals surface area (Å²) in [6.45, 7) is 0. The van der Waals surface area contributed by atoms with Crippen LogP contribution in [0.5, 0.6) is 11.5 Å². The van der Waals surface area contributed by atoms with E-state index < -0.39 is 0 Å². The molecule has 0 spiro atoms. The predicted molar refractivity (Wildman–Crippen MR) is 132 cm³/mol. The molecule has 1 heterocycles. The van der Waals surface area contributed by atoms with E-state index in [1.807, 2.05) is 54.6 Å². The van der Waals surface area contributed by atoms with Crippen LogP contribution in [-0.2, 0) is 0 Å². The van der Waals surface area contributed by atoms with Gasteiger partial charge >= 0.3 is 0 Å². The van der Waals surface area contributed by atoms with E-state index in [9.17, 15) is 0 Å². The molecule has 0 aliphatic heterocycles. The van der Waals surface area contributed by atoms with Crippen molar-refractivity contribution < 1.29 is 4.74 Å². The number of nitrogens with one attached hydrogen (secondary N) is 3. The molecule has 0 unspecified atom stereocenters. The average Bonchev–Trinajstić information content (AvgIpc) is 2.81. The summed E-state index contributed by atoms with van der Waals surface area (Å²) < 4.78 is 9.30. The first kappa shape index (κ1) is 22.1. The van der Waals surface area contributed by atoms with Crippen molar-refractivity contribution >= 4 is 29.3 Å². The fourth-order valence-corrected chi connectivity index (χ4v) is 4.50. The summed E-state index contributed by atoms with van der Waals surface area (Å²) in [5.41, 5.74) is 7.74. The fraction of sp³-hybridized carbons (Fsp3) is 0.292. The van der Waals surface area contributed by atoms with Gasteiger partial charge in [-0.25, -0.2) is 9.97 Å². The van der Waals surface area contributed by atoms with Crippen LogP contribution < -0.4 is 20.5 Å². The summed E-state index contributed by atoms with van der Waals surface area (Å²) in [6.07, 6.45) is 7.81. The van der Waals surface area contributed by atoms with Gasteiger partial charge < -0.3 is 15.8 Å². The highest BCUT2D eigenvalue weighted by molar-refractivity contribution is 7.96. The second-order valence-corrected chi connectivity index (χ2v) is 8.46. The van der Waals surface area contributed by atoms with Crippen LogP contribution in [-0.4, -0.2) is 34.0 Å². The zero-order valence-corrected chi connectivity index (χ0v) is 18.9. The molecule has 1 aliphatic rings. The van der Waals surface area contributed by atoms with Gasteiger partial charge in [0.05, 0.1) is 11.3 Å². The quantitative estimate of drug-likeness (QED) is 0.288. The van der Waals surface area contributed by atoms with Crippen LogP contribution in [0.2, 0.25) is 0 Å². The van der Waals surface area contributed by atoms with E-state index in [-0.39, 0.29) is 5.71 Å². The van der Waals surface area contributed by atoms with E-state index in [4.69, 9.17) is 15.9 Å². The first-order valence-electron chi connectivity index (χ1n) is 10.7. The first-order valence-corrected chi connectivity index (χ1v) is 11.9. The van der Waals surface area contributed by atoms with Crippen molar-refractivity contribution in [1.82, 2.24) is 14.7 Å². The average molecular weight is 449 g/mol. The molecule has 32 heavy (non-hydrogen) atoms. The minimum absolute atomic E-state index is 0.287. The molecule has 0 bridgehead atoms. The largest absolute Gasteiger partial charge is 0.457 e. The molecule has 0 saturated heterocycles. The summed E-state index contributed by atoms with van der Waals surface area (Å²) in [5, 5.41) is 12.3. The van der Waals surface area contributed by atoms with Gasteiger partial charge in [0, 0.05) is 17.6 Å². The number of rotatable bonds is 8. The van der Waals surface area contributed by atoms with Gasteiger partial charge in [0.15, 0.2) is 0 Å². The van der Waals surface area contributed by atoms with Gasteiger partial charge in [0.2, 0.25) is 0 Å². The van der Waals surface area contributed by atoms with Crippen LogP contribution in [0.4, 0.5) is 11.6 Å². The van der Waals surface area contributed by atoms with Crippen molar-refractivity contribution in [1.29, 1.82) is 5.41 Å². The highest BCUT2D eigenvalue weighted by Crippen LogP contribution is 2.28. The smallest absolute Gasteiger partial charge is 0.141 e. The van der Waals surface area contributed by atoms with E-state index in [1.165, 1.54) is 6.33 Å². The Bertz CT molecular complexity index is 1040. The Morgan fingerprint density at radius 2 is 1.62 bits per heavy atom. The van der Waals surface area contributed by atoms with E-state index in [0.717, 1.165) is 37.0 Å². The molecule has 8 heteroatoms. The molecule has 4 rings (SSSR count). The van der Waals surface area contributed by atoms with Gasteiger partial charge in [0.1, 0.15) is 29.5 Å². The lowest BCUT2D eigenvalue weighted by atomic mass is 9.91. The van der Waals surface area contributed by atoms with Crippen molar-refractivity contribution in [2.24, 2.45) is 0 Å². The molecule has 3 aromatic rings.